The Balaban J connectivity index is 2.85. The third kappa shape index (κ3) is 1.65. The van der Waals surface area contributed by atoms with Crippen LogP contribution in [0.4, 0.5) is 0 Å². The summed E-state index contributed by atoms with van der Waals surface area (Å²) in [4.78, 5) is 10.8. The first-order valence-electron chi connectivity index (χ1n) is 5.23. The molecule has 0 heterocycles. The van der Waals surface area contributed by atoms with Gasteiger partial charge in [-0.1, -0.05) is 25.1 Å². The Morgan fingerprint density at radius 3 is 2.67 bits per heavy atom. The topological polar surface area (TPSA) is 17.1 Å². The molecular formula is C14H14O. The molecular weight excluding hydrogens is 184 g/mol. The minimum atomic E-state index is 0.765. The molecule has 0 bridgehead atoms. The zero-order valence-electron chi connectivity index (χ0n) is 9.08. The smallest absolute Gasteiger partial charge is 0.150 e. The van der Waals surface area contributed by atoms with E-state index in [1.165, 1.54) is 21.9 Å². The van der Waals surface area contributed by atoms with E-state index >= 15 is 0 Å². The third-order valence-corrected chi connectivity index (χ3v) is 2.83. The molecule has 2 aromatic carbocycles. The lowest BCUT2D eigenvalue weighted by molar-refractivity contribution is 0.112. The predicted octanol–water partition coefficient (Wildman–Crippen LogP) is 3.52. The lowest BCUT2D eigenvalue weighted by atomic mass is 9.97. The molecule has 0 aliphatic rings. The summed E-state index contributed by atoms with van der Waals surface area (Å²) in [6.07, 6.45) is 1.91. The van der Waals surface area contributed by atoms with Crippen molar-refractivity contribution < 1.29 is 4.79 Å². The molecule has 0 saturated heterocycles. The summed E-state index contributed by atoms with van der Waals surface area (Å²) in [6, 6.07) is 10.2. The predicted molar refractivity (Wildman–Crippen MR) is 63.5 cm³/mol. The highest BCUT2D eigenvalue weighted by atomic mass is 16.1. The number of aryl methyl sites for hydroxylation is 2. The van der Waals surface area contributed by atoms with E-state index in [1.807, 2.05) is 12.1 Å². The second-order valence-corrected chi connectivity index (χ2v) is 3.82. The van der Waals surface area contributed by atoms with E-state index in [2.05, 4.69) is 32.0 Å². The average molecular weight is 198 g/mol. The van der Waals surface area contributed by atoms with Crippen molar-refractivity contribution in [2.75, 3.05) is 0 Å². The van der Waals surface area contributed by atoms with Crippen LogP contribution < -0.4 is 0 Å². The highest BCUT2D eigenvalue weighted by molar-refractivity contribution is 5.93. The summed E-state index contributed by atoms with van der Waals surface area (Å²) in [7, 11) is 0. The van der Waals surface area contributed by atoms with Crippen molar-refractivity contribution in [2.24, 2.45) is 0 Å². The maximum Gasteiger partial charge on any atom is 0.150 e. The molecule has 0 fully saturated rings. The van der Waals surface area contributed by atoms with Gasteiger partial charge in [-0.3, -0.25) is 4.79 Å². The van der Waals surface area contributed by atoms with Gasteiger partial charge in [0, 0.05) is 5.56 Å². The van der Waals surface area contributed by atoms with Crippen molar-refractivity contribution in [1.82, 2.24) is 0 Å². The lowest BCUT2D eigenvalue weighted by Crippen LogP contribution is -1.89. The second-order valence-electron chi connectivity index (χ2n) is 3.82. The standard InChI is InChI=1S/C14H14O/c1-3-12-5-4-6-13-10(2)7-11(9-15)8-14(12)13/h4-9H,3H2,1-2H3. The van der Waals surface area contributed by atoms with Crippen molar-refractivity contribution in [3.8, 4) is 0 Å². The summed E-state index contributed by atoms with van der Waals surface area (Å²) < 4.78 is 0. The minimum absolute atomic E-state index is 0.765. The molecule has 0 radical (unpaired) electrons. The maximum absolute atomic E-state index is 10.8. The minimum Gasteiger partial charge on any atom is -0.298 e. The van der Waals surface area contributed by atoms with Gasteiger partial charge in [0.2, 0.25) is 0 Å². The molecule has 0 aliphatic carbocycles. The van der Waals surface area contributed by atoms with E-state index in [4.69, 9.17) is 0 Å². The summed E-state index contributed by atoms with van der Waals surface area (Å²) in [5.41, 5.74) is 3.24. The highest BCUT2D eigenvalue weighted by Crippen LogP contribution is 2.23. The van der Waals surface area contributed by atoms with E-state index in [-0.39, 0.29) is 0 Å². The molecule has 0 atom stereocenters. The molecule has 0 amide bonds. The molecule has 0 aliphatic heterocycles. The van der Waals surface area contributed by atoms with Crippen LogP contribution in [0.25, 0.3) is 10.8 Å². The SMILES string of the molecule is CCc1cccc2c(C)cc(C=O)cc12. The van der Waals surface area contributed by atoms with Crippen LogP contribution >= 0.6 is 0 Å². The molecule has 1 nitrogen and oxygen atoms in total. The van der Waals surface area contributed by atoms with E-state index < -0.39 is 0 Å². The van der Waals surface area contributed by atoms with Crippen LogP contribution in [0.15, 0.2) is 30.3 Å². The van der Waals surface area contributed by atoms with Crippen LogP contribution in [0.3, 0.4) is 0 Å². The Labute approximate surface area is 89.7 Å². The van der Waals surface area contributed by atoms with Crippen molar-refractivity contribution in [3.05, 3.63) is 47.0 Å². The summed E-state index contributed by atoms with van der Waals surface area (Å²) in [6.45, 7) is 4.19. The van der Waals surface area contributed by atoms with E-state index in [9.17, 15) is 4.79 Å². The Morgan fingerprint density at radius 1 is 1.20 bits per heavy atom. The normalized spacial score (nSPS) is 10.5. The summed E-state index contributed by atoms with van der Waals surface area (Å²) >= 11 is 0. The van der Waals surface area contributed by atoms with Crippen LogP contribution in [0.2, 0.25) is 0 Å². The van der Waals surface area contributed by atoms with Gasteiger partial charge in [0.05, 0.1) is 0 Å². The summed E-state index contributed by atoms with van der Waals surface area (Å²) in [5, 5.41) is 2.46. The fraction of sp³-hybridized carbons (Fsp3) is 0.214. The number of fused-ring (bicyclic) bond motifs is 1. The van der Waals surface area contributed by atoms with Gasteiger partial charge in [-0.25, -0.2) is 0 Å². The molecule has 0 N–H and O–H groups in total. The Morgan fingerprint density at radius 2 is 2.00 bits per heavy atom. The van der Waals surface area contributed by atoms with E-state index in [0.717, 1.165) is 18.3 Å². The van der Waals surface area contributed by atoms with Crippen LogP contribution in [0.5, 0.6) is 0 Å². The molecule has 0 spiro atoms. The fourth-order valence-corrected chi connectivity index (χ4v) is 2.04. The van der Waals surface area contributed by atoms with E-state index in [0.29, 0.717) is 0 Å². The van der Waals surface area contributed by atoms with Gasteiger partial charge in [-0.2, -0.15) is 0 Å². The first-order valence-corrected chi connectivity index (χ1v) is 5.23. The molecule has 76 valence electrons. The number of aldehydes is 1. The first kappa shape index (κ1) is 9.91. The Kier molecular flexibility index (Phi) is 2.55. The van der Waals surface area contributed by atoms with Crippen LogP contribution in [-0.2, 0) is 6.42 Å². The van der Waals surface area contributed by atoms with Gasteiger partial charge in [0.25, 0.3) is 0 Å². The zero-order valence-corrected chi connectivity index (χ0v) is 9.08. The number of hydrogen-bond acceptors (Lipinski definition) is 1. The monoisotopic (exact) mass is 198 g/mol. The van der Waals surface area contributed by atoms with Crippen molar-refractivity contribution in [3.63, 3.8) is 0 Å². The maximum atomic E-state index is 10.8. The lowest BCUT2D eigenvalue weighted by Gasteiger charge is -2.07. The largest absolute Gasteiger partial charge is 0.298 e. The van der Waals surface area contributed by atoms with Crippen molar-refractivity contribution in [1.29, 1.82) is 0 Å². The average Bonchev–Trinajstić information content (AvgIpc) is 2.28. The van der Waals surface area contributed by atoms with Crippen molar-refractivity contribution >= 4 is 17.1 Å². The van der Waals surface area contributed by atoms with Gasteiger partial charge in [-0.15, -0.1) is 0 Å². The number of carbonyl (C=O) groups excluding carboxylic acids is 1. The molecule has 0 aromatic heterocycles. The number of hydrogen-bond donors (Lipinski definition) is 0. The van der Waals surface area contributed by atoms with Crippen LogP contribution in [0, 0.1) is 6.92 Å². The first-order chi connectivity index (χ1) is 7.26. The Bertz CT molecular complexity index is 512. The molecule has 15 heavy (non-hydrogen) atoms. The molecule has 0 unspecified atom stereocenters. The quantitative estimate of drug-likeness (QED) is 0.675. The van der Waals surface area contributed by atoms with Crippen LogP contribution in [-0.4, -0.2) is 6.29 Å². The number of carbonyl (C=O) groups is 1. The van der Waals surface area contributed by atoms with Gasteiger partial charge < -0.3 is 0 Å². The number of rotatable bonds is 2. The third-order valence-electron chi connectivity index (χ3n) is 2.83. The van der Waals surface area contributed by atoms with Gasteiger partial charge in [0.1, 0.15) is 6.29 Å². The van der Waals surface area contributed by atoms with Gasteiger partial charge >= 0.3 is 0 Å². The van der Waals surface area contributed by atoms with Crippen LogP contribution in [0.1, 0.15) is 28.4 Å². The molecule has 2 aromatic rings. The van der Waals surface area contributed by atoms with E-state index in [1.54, 1.807) is 0 Å². The summed E-state index contributed by atoms with van der Waals surface area (Å²) in [5.74, 6) is 0. The van der Waals surface area contributed by atoms with Crippen molar-refractivity contribution in [2.45, 2.75) is 20.3 Å². The second kappa shape index (κ2) is 3.85. The Hall–Kier alpha value is -1.63. The van der Waals surface area contributed by atoms with Gasteiger partial charge in [-0.05, 0) is 47.4 Å². The number of benzene rings is 2. The zero-order chi connectivity index (χ0) is 10.8. The fourth-order valence-electron chi connectivity index (χ4n) is 2.04. The molecule has 0 saturated carbocycles. The molecule has 1 heteroatoms. The molecule has 2 rings (SSSR count). The van der Waals surface area contributed by atoms with Gasteiger partial charge in [0.15, 0.2) is 0 Å². The highest BCUT2D eigenvalue weighted by Gasteiger charge is 2.03.